The zero-order valence-electron chi connectivity index (χ0n) is 49.2. The number of amides is 4. The Labute approximate surface area is 506 Å². The lowest BCUT2D eigenvalue weighted by Crippen LogP contribution is -2.54. The van der Waals surface area contributed by atoms with Gasteiger partial charge in [0.15, 0.2) is 0 Å². The second kappa shape index (κ2) is 30.0. The van der Waals surface area contributed by atoms with Gasteiger partial charge in [0.2, 0.25) is 11.8 Å². The number of halogens is 2. The Kier molecular flexibility index (Phi) is 21.8. The van der Waals surface area contributed by atoms with Crippen molar-refractivity contribution in [1.82, 2.24) is 70.9 Å². The molecule has 7 aromatic rings. The molecule has 5 aromatic carbocycles. The van der Waals surface area contributed by atoms with E-state index in [-0.39, 0.29) is 40.2 Å². The smallest absolute Gasteiger partial charge is 0.294 e. The molecule has 0 radical (unpaired) electrons. The summed E-state index contributed by atoms with van der Waals surface area (Å²) < 4.78 is 59.2. The minimum atomic E-state index is -4.02. The summed E-state index contributed by atoms with van der Waals surface area (Å²) in [7, 11) is 0.0772. The lowest BCUT2D eigenvalue weighted by atomic mass is 10.1. The topological polar surface area (TPSA) is 245 Å². The highest BCUT2D eigenvalue weighted by Crippen LogP contribution is 2.41. The number of nitrogens with one attached hydrogen (secondary N) is 4. The molecule has 4 aliphatic rings. The number of aryl methyl sites for hydroxylation is 1. The van der Waals surface area contributed by atoms with Gasteiger partial charge in [0.05, 0.1) is 41.1 Å². The fourth-order valence-corrected chi connectivity index (χ4v) is 11.1. The van der Waals surface area contributed by atoms with E-state index in [2.05, 4.69) is 51.7 Å². The molecule has 2 aliphatic heterocycles. The van der Waals surface area contributed by atoms with Gasteiger partial charge < -0.3 is 40.9 Å². The van der Waals surface area contributed by atoms with Gasteiger partial charge in [0, 0.05) is 87.4 Å². The van der Waals surface area contributed by atoms with Crippen molar-refractivity contribution >= 4 is 33.7 Å². The van der Waals surface area contributed by atoms with E-state index in [9.17, 15) is 36.4 Å². The molecule has 460 valence electrons. The highest BCUT2D eigenvalue weighted by atomic mass is 32.2. The van der Waals surface area contributed by atoms with Gasteiger partial charge in [-0.2, -0.15) is 8.42 Å². The lowest BCUT2D eigenvalue weighted by molar-refractivity contribution is -0.135. The molecule has 0 spiro atoms. The molecule has 4 fully saturated rings. The minimum Gasteiger partial charge on any atom is -0.340 e. The summed E-state index contributed by atoms with van der Waals surface area (Å²) in [6.45, 7) is 9.27. The van der Waals surface area contributed by atoms with E-state index in [4.69, 9.17) is 4.55 Å². The highest BCUT2D eigenvalue weighted by molar-refractivity contribution is 7.85. The van der Waals surface area contributed by atoms with E-state index >= 15 is 0 Å². The van der Waals surface area contributed by atoms with Gasteiger partial charge in [-0.15, -0.1) is 10.2 Å². The van der Waals surface area contributed by atoms with E-state index in [1.807, 2.05) is 55.1 Å². The molecule has 0 unspecified atom stereocenters. The van der Waals surface area contributed by atoms with Crippen LogP contribution >= 0.6 is 0 Å². The summed E-state index contributed by atoms with van der Waals surface area (Å²) in [5, 5.41) is 28.6. The Bertz CT molecular complexity index is 3250. The summed E-state index contributed by atoms with van der Waals surface area (Å²) >= 11 is 0. The first-order valence-electron chi connectivity index (χ1n) is 29.5. The first kappa shape index (κ1) is 63.4. The van der Waals surface area contributed by atoms with Gasteiger partial charge in [-0.1, -0.05) is 52.4 Å². The van der Waals surface area contributed by atoms with Crippen LogP contribution in [0.4, 0.5) is 8.78 Å². The molecule has 87 heavy (non-hydrogen) atoms. The second-order valence-corrected chi connectivity index (χ2v) is 24.0. The molecule has 21 nitrogen and oxygen atoms in total. The van der Waals surface area contributed by atoms with E-state index < -0.39 is 22.2 Å². The Hall–Kier alpha value is -8.13. The highest BCUT2D eigenvalue weighted by Gasteiger charge is 2.39. The van der Waals surface area contributed by atoms with Crippen molar-refractivity contribution in [3.05, 3.63) is 186 Å². The number of carbonyl (C=O) groups is 4. The minimum absolute atomic E-state index is 0.0266. The number of piperazine rings is 2. The number of carbonyl (C=O) groups excluding carboxylic acids is 4. The van der Waals surface area contributed by atoms with Crippen LogP contribution < -0.4 is 21.3 Å². The van der Waals surface area contributed by atoms with E-state index in [0.717, 1.165) is 93.0 Å². The zero-order valence-corrected chi connectivity index (χ0v) is 50.0. The molecule has 2 saturated heterocycles. The molecule has 4 amide bonds. The second-order valence-electron chi connectivity index (χ2n) is 22.6. The number of aromatic nitrogens is 6. The standard InChI is InChI=1S/2C28H34FN7O2.C7H8O3S/c2*1-34-15-17-35(18-16-34)28(38)25(3-2-12-30-26-19-24(26)20-4-8-22(29)9-5-20)32-27(37)21-6-10-23(11-7-21)36-14-13-31-33-36;1-6-2-4-7(5-3-6)11(8,9)10/h2*4-11,13-14,24-26,30H,2-3,12,15-19H2,1H3,(H,32,37);2-5H,1H3,(H,8,9,10)/t2*24-,25-,26+;/m00./s1. The van der Waals surface area contributed by atoms with Crippen LogP contribution in [-0.2, 0) is 19.7 Å². The molecule has 2 aliphatic carbocycles. The molecule has 2 aromatic heterocycles. The number of nitrogens with zero attached hydrogens (tertiary/aromatic N) is 10. The monoisotopic (exact) mass is 1210 g/mol. The van der Waals surface area contributed by atoms with Crippen molar-refractivity contribution in [2.75, 3.05) is 79.5 Å². The van der Waals surface area contributed by atoms with Gasteiger partial charge in [0.25, 0.3) is 21.9 Å². The van der Waals surface area contributed by atoms with Crippen LogP contribution in [0.15, 0.2) is 151 Å². The van der Waals surface area contributed by atoms with Crippen molar-refractivity contribution in [3.63, 3.8) is 0 Å². The van der Waals surface area contributed by atoms with E-state index in [1.54, 1.807) is 94.8 Å². The molecule has 24 heteroatoms. The number of hydrogen-bond donors (Lipinski definition) is 5. The average Bonchev–Trinajstić information content (AvgIpc) is 2.79. The Morgan fingerprint density at radius 3 is 1.28 bits per heavy atom. The molecule has 11 rings (SSSR count). The van der Waals surface area contributed by atoms with Gasteiger partial charge in [-0.05, 0) is 169 Å². The van der Waals surface area contributed by atoms with Crippen LogP contribution in [0, 0.1) is 18.6 Å². The van der Waals surface area contributed by atoms with Crippen LogP contribution in [0.1, 0.15) is 87.8 Å². The molecule has 2 saturated carbocycles. The van der Waals surface area contributed by atoms with Crippen molar-refractivity contribution in [2.24, 2.45) is 0 Å². The van der Waals surface area contributed by atoms with Crippen LogP contribution in [0.2, 0.25) is 0 Å². The molecular weight excluding hydrogens is 1130 g/mol. The van der Waals surface area contributed by atoms with Crippen LogP contribution in [-0.4, -0.2) is 190 Å². The summed E-state index contributed by atoms with van der Waals surface area (Å²) in [5.74, 6) is -0.227. The molecule has 6 atom stereocenters. The normalized spacial score (nSPS) is 19.1. The Morgan fingerprint density at radius 1 is 0.552 bits per heavy atom. The largest absolute Gasteiger partial charge is 0.340 e. The predicted octanol–water partition coefficient (Wildman–Crippen LogP) is 5.65. The third-order valence-corrected chi connectivity index (χ3v) is 17.0. The van der Waals surface area contributed by atoms with Crippen LogP contribution in [0.3, 0.4) is 0 Å². The first-order chi connectivity index (χ1) is 41.9. The third kappa shape index (κ3) is 18.4. The van der Waals surface area contributed by atoms with Gasteiger partial charge in [0.1, 0.15) is 23.7 Å². The summed E-state index contributed by atoms with van der Waals surface area (Å²) in [6.07, 6.45) is 11.3. The van der Waals surface area contributed by atoms with Gasteiger partial charge in [-0.25, -0.2) is 18.1 Å². The number of hydrogen-bond acceptors (Lipinski definition) is 14. The lowest BCUT2D eigenvalue weighted by Gasteiger charge is -2.34. The van der Waals surface area contributed by atoms with Gasteiger partial charge in [-0.3, -0.25) is 23.7 Å². The Balaban J connectivity index is 0.000000177. The molecule has 5 N–H and O–H groups in total. The summed E-state index contributed by atoms with van der Waals surface area (Å²) in [5.41, 5.74) is 5.83. The van der Waals surface area contributed by atoms with Crippen molar-refractivity contribution < 1.29 is 40.9 Å². The maximum absolute atomic E-state index is 13.4. The van der Waals surface area contributed by atoms with Crippen molar-refractivity contribution in [3.8, 4) is 11.4 Å². The fraction of sp³-hybridized carbons (Fsp3) is 0.397. The number of rotatable bonds is 21. The summed E-state index contributed by atoms with van der Waals surface area (Å²) in [4.78, 5) is 61.1. The number of likely N-dealkylation sites (N-methyl/N-ethyl adjacent to an activating group) is 2. The average molecular weight is 1210 g/mol. The van der Waals surface area contributed by atoms with Crippen molar-refractivity contribution in [2.45, 2.75) is 86.3 Å². The van der Waals surface area contributed by atoms with E-state index in [0.29, 0.717) is 74.1 Å². The summed E-state index contributed by atoms with van der Waals surface area (Å²) in [6, 6.07) is 33.1. The van der Waals surface area contributed by atoms with Crippen molar-refractivity contribution in [1.29, 1.82) is 0 Å². The molecular formula is C63H76F2N14O7S. The molecule has 0 bridgehead atoms. The van der Waals surface area contributed by atoms with E-state index in [1.165, 1.54) is 36.4 Å². The van der Waals surface area contributed by atoms with Gasteiger partial charge >= 0.3 is 0 Å². The predicted molar refractivity (Wildman–Crippen MR) is 324 cm³/mol. The van der Waals surface area contributed by atoms with Crippen LogP contribution in [0.5, 0.6) is 0 Å². The molecule has 4 heterocycles. The fourth-order valence-electron chi connectivity index (χ4n) is 10.6. The SMILES string of the molecule is CN1CCN(C(=O)[C@H](CCCN[C@@H]2C[C@H]2c2ccc(F)cc2)NC(=O)c2ccc(-n3ccnn3)cc2)CC1.CN1CCN(C(=O)[C@H](CCCN[C@@H]2C[C@H]2c2ccc(F)cc2)NC(=O)c2ccc(-n3ccnn3)cc2)CC1.Cc1ccc(S(=O)(=O)O)cc1. The zero-order chi connectivity index (χ0) is 61.5. The maximum Gasteiger partial charge on any atom is 0.294 e. The van der Waals surface area contributed by atoms with Crippen LogP contribution in [0.25, 0.3) is 11.4 Å². The number of benzene rings is 5. The third-order valence-electron chi connectivity index (χ3n) is 16.1. The first-order valence-corrected chi connectivity index (χ1v) is 30.9. The quantitative estimate of drug-likeness (QED) is 0.0431. The Morgan fingerprint density at radius 2 is 0.931 bits per heavy atom. The maximum atomic E-state index is 13.4.